The molecule has 1 unspecified atom stereocenters. The highest BCUT2D eigenvalue weighted by Gasteiger charge is 2.19. The third-order valence-corrected chi connectivity index (χ3v) is 11.8. The average molecular weight is 883 g/mol. The van der Waals surface area contributed by atoms with Crippen LogP contribution in [0.1, 0.15) is 278 Å². The summed E-state index contributed by atoms with van der Waals surface area (Å²) in [6.07, 6.45) is 62.3. The summed E-state index contributed by atoms with van der Waals surface area (Å²) in [6.45, 7) is 6.59. The molecule has 63 heavy (non-hydrogen) atoms. The van der Waals surface area contributed by atoms with Crippen molar-refractivity contribution in [3.8, 4) is 0 Å². The largest absolute Gasteiger partial charge is 0.462 e. The summed E-state index contributed by atoms with van der Waals surface area (Å²) in [5.41, 5.74) is 0. The molecule has 0 aliphatic carbocycles. The molecule has 0 amide bonds. The monoisotopic (exact) mass is 883 g/mol. The smallest absolute Gasteiger partial charge is 0.306 e. The van der Waals surface area contributed by atoms with E-state index in [0.29, 0.717) is 19.3 Å². The van der Waals surface area contributed by atoms with Gasteiger partial charge in [-0.1, -0.05) is 211 Å². The van der Waals surface area contributed by atoms with Gasteiger partial charge in [0.2, 0.25) is 0 Å². The summed E-state index contributed by atoms with van der Waals surface area (Å²) >= 11 is 0. The standard InChI is InChI=1S/C57H102O6/c1-4-7-10-13-16-19-22-25-27-28-29-31-32-35-38-41-44-47-50-56(59)62-53-54(52-61-55(58)49-46-43-40-37-34-24-21-18-15-12-9-6-3)63-57(60)51-48-45-42-39-36-33-30-26-23-20-17-14-11-8-5-2/h18,20-21,23,27-29,31,54H,4-17,19,22,24-26,30,32-53H2,1-3H3/b21-18-,23-20-,28-27-,31-29-. The van der Waals surface area contributed by atoms with Gasteiger partial charge in [-0.15, -0.1) is 0 Å². The lowest BCUT2D eigenvalue weighted by Gasteiger charge is -2.18. The van der Waals surface area contributed by atoms with Crippen LogP contribution in [0.2, 0.25) is 0 Å². The first-order valence-electron chi connectivity index (χ1n) is 27.2. The fraction of sp³-hybridized carbons (Fsp3) is 0.807. The number of carbonyl (C=O) groups excluding carboxylic acids is 3. The molecule has 0 aromatic rings. The molecule has 0 N–H and O–H groups in total. The number of allylic oxidation sites excluding steroid dienone is 8. The van der Waals surface area contributed by atoms with Gasteiger partial charge >= 0.3 is 17.9 Å². The Morgan fingerprint density at radius 3 is 0.937 bits per heavy atom. The lowest BCUT2D eigenvalue weighted by Crippen LogP contribution is -2.30. The van der Waals surface area contributed by atoms with E-state index >= 15 is 0 Å². The average Bonchev–Trinajstić information content (AvgIpc) is 3.28. The highest BCUT2D eigenvalue weighted by molar-refractivity contribution is 5.71. The van der Waals surface area contributed by atoms with E-state index in [9.17, 15) is 14.4 Å². The van der Waals surface area contributed by atoms with Crippen molar-refractivity contribution in [2.24, 2.45) is 0 Å². The van der Waals surface area contributed by atoms with Crippen molar-refractivity contribution in [1.29, 1.82) is 0 Å². The van der Waals surface area contributed by atoms with Gasteiger partial charge in [0.05, 0.1) is 0 Å². The summed E-state index contributed by atoms with van der Waals surface area (Å²) in [5.74, 6) is -0.903. The number of esters is 3. The fourth-order valence-electron chi connectivity index (χ4n) is 7.66. The van der Waals surface area contributed by atoms with Crippen LogP contribution in [0.3, 0.4) is 0 Å². The fourth-order valence-corrected chi connectivity index (χ4v) is 7.66. The molecule has 0 spiro atoms. The Balaban J connectivity index is 4.39. The van der Waals surface area contributed by atoms with Crippen molar-refractivity contribution in [2.45, 2.75) is 284 Å². The summed E-state index contributed by atoms with van der Waals surface area (Å²) < 4.78 is 16.8. The van der Waals surface area contributed by atoms with Gasteiger partial charge in [-0.05, 0) is 96.3 Å². The molecule has 1 atom stereocenters. The van der Waals surface area contributed by atoms with E-state index in [-0.39, 0.29) is 31.1 Å². The molecule has 0 bridgehead atoms. The van der Waals surface area contributed by atoms with Crippen LogP contribution in [0.5, 0.6) is 0 Å². The van der Waals surface area contributed by atoms with Gasteiger partial charge < -0.3 is 14.2 Å². The third-order valence-electron chi connectivity index (χ3n) is 11.8. The Bertz CT molecular complexity index is 1110. The molecule has 0 aromatic carbocycles. The van der Waals surface area contributed by atoms with Crippen molar-refractivity contribution >= 4 is 17.9 Å². The molecule has 0 heterocycles. The number of carbonyl (C=O) groups is 3. The second-order valence-corrected chi connectivity index (χ2v) is 18.2. The van der Waals surface area contributed by atoms with Crippen molar-refractivity contribution in [1.82, 2.24) is 0 Å². The molecule has 0 fully saturated rings. The summed E-state index contributed by atoms with van der Waals surface area (Å²) in [4.78, 5) is 38.0. The van der Waals surface area contributed by atoms with Crippen molar-refractivity contribution in [3.05, 3.63) is 48.6 Å². The van der Waals surface area contributed by atoms with Gasteiger partial charge in [0.15, 0.2) is 6.10 Å². The molecule has 0 saturated carbocycles. The Kier molecular flexibility index (Phi) is 49.8. The third kappa shape index (κ3) is 50.2. The number of hydrogen-bond donors (Lipinski definition) is 0. The maximum absolute atomic E-state index is 12.8. The highest BCUT2D eigenvalue weighted by atomic mass is 16.6. The quantitative estimate of drug-likeness (QED) is 0.0199. The van der Waals surface area contributed by atoms with Crippen LogP contribution in [0.25, 0.3) is 0 Å². The summed E-state index contributed by atoms with van der Waals surface area (Å²) in [7, 11) is 0. The van der Waals surface area contributed by atoms with Gasteiger partial charge in [-0.3, -0.25) is 14.4 Å². The normalized spacial score (nSPS) is 12.4. The first-order chi connectivity index (χ1) is 31.0. The molecule has 0 saturated heterocycles. The molecular formula is C57H102O6. The van der Waals surface area contributed by atoms with E-state index in [1.54, 1.807) is 0 Å². The molecule has 0 aromatic heterocycles. The molecule has 6 nitrogen and oxygen atoms in total. The zero-order valence-corrected chi connectivity index (χ0v) is 41.8. The minimum absolute atomic E-state index is 0.0834. The first-order valence-corrected chi connectivity index (χ1v) is 27.2. The molecule has 0 rings (SSSR count). The Morgan fingerprint density at radius 1 is 0.317 bits per heavy atom. The van der Waals surface area contributed by atoms with Gasteiger partial charge in [0, 0.05) is 19.3 Å². The topological polar surface area (TPSA) is 78.9 Å². The van der Waals surface area contributed by atoms with Crippen molar-refractivity contribution < 1.29 is 28.6 Å². The zero-order valence-electron chi connectivity index (χ0n) is 41.8. The number of unbranched alkanes of at least 4 members (excludes halogenated alkanes) is 31. The van der Waals surface area contributed by atoms with E-state index in [0.717, 1.165) is 83.5 Å². The number of ether oxygens (including phenoxy) is 3. The maximum Gasteiger partial charge on any atom is 0.306 e. The zero-order chi connectivity index (χ0) is 45.8. The van der Waals surface area contributed by atoms with E-state index in [2.05, 4.69) is 69.4 Å². The molecule has 366 valence electrons. The van der Waals surface area contributed by atoms with Crippen LogP contribution in [0.15, 0.2) is 48.6 Å². The molecule has 0 aliphatic heterocycles. The van der Waals surface area contributed by atoms with Crippen molar-refractivity contribution in [3.63, 3.8) is 0 Å². The predicted molar refractivity (Wildman–Crippen MR) is 270 cm³/mol. The summed E-state index contributed by atoms with van der Waals surface area (Å²) in [5, 5.41) is 0. The summed E-state index contributed by atoms with van der Waals surface area (Å²) in [6, 6.07) is 0. The molecule has 6 heteroatoms. The Labute approximate surface area is 390 Å². The first kappa shape index (κ1) is 60.4. The van der Waals surface area contributed by atoms with E-state index in [1.165, 1.54) is 154 Å². The molecule has 0 radical (unpaired) electrons. The SMILES string of the molecule is CCCCC/C=C\CCCCCCCC(=O)OCC(COC(=O)CCCCCCC/C=C\C=C/CCCCCCCCC)OC(=O)CCCCCCCCC/C=C\CCCCCC. The molecule has 0 aliphatic rings. The second-order valence-electron chi connectivity index (χ2n) is 18.2. The number of rotatable bonds is 49. The Hall–Kier alpha value is -2.63. The van der Waals surface area contributed by atoms with Crippen LogP contribution in [0.4, 0.5) is 0 Å². The van der Waals surface area contributed by atoms with Crippen LogP contribution in [0, 0.1) is 0 Å². The van der Waals surface area contributed by atoms with Crippen LogP contribution >= 0.6 is 0 Å². The van der Waals surface area contributed by atoms with Crippen molar-refractivity contribution in [2.75, 3.05) is 13.2 Å². The van der Waals surface area contributed by atoms with Gasteiger partial charge in [-0.2, -0.15) is 0 Å². The van der Waals surface area contributed by atoms with Gasteiger partial charge in [0.25, 0.3) is 0 Å². The van der Waals surface area contributed by atoms with Crippen LogP contribution < -0.4 is 0 Å². The minimum atomic E-state index is -0.783. The van der Waals surface area contributed by atoms with Crippen LogP contribution in [-0.2, 0) is 28.6 Å². The predicted octanol–water partition coefficient (Wildman–Crippen LogP) is 17.9. The minimum Gasteiger partial charge on any atom is -0.462 e. The highest BCUT2D eigenvalue weighted by Crippen LogP contribution is 2.15. The lowest BCUT2D eigenvalue weighted by atomic mass is 10.1. The maximum atomic E-state index is 12.8. The molecular weight excluding hydrogens is 781 g/mol. The van der Waals surface area contributed by atoms with E-state index in [1.807, 2.05) is 0 Å². The number of hydrogen-bond acceptors (Lipinski definition) is 6. The second kappa shape index (κ2) is 52.0. The van der Waals surface area contributed by atoms with Gasteiger partial charge in [-0.25, -0.2) is 0 Å². The van der Waals surface area contributed by atoms with E-state index < -0.39 is 6.10 Å². The Morgan fingerprint density at radius 2 is 0.571 bits per heavy atom. The van der Waals surface area contributed by atoms with E-state index in [4.69, 9.17) is 14.2 Å². The van der Waals surface area contributed by atoms with Gasteiger partial charge in [0.1, 0.15) is 13.2 Å². The van der Waals surface area contributed by atoms with Crippen LogP contribution in [-0.4, -0.2) is 37.2 Å². The lowest BCUT2D eigenvalue weighted by molar-refractivity contribution is -0.167.